The summed E-state index contributed by atoms with van der Waals surface area (Å²) >= 11 is 1.46. The van der Waals surface area contributed by atoms with E-state index in [0.717, 1.165) is 4.88 Å². The molecule has 2 rings (SSSR count). The number of thiophene rings is 1. The van der Waals surface area contributed by atoms with Crippen LogP contribution in [-0.4, -0.2) is 10.9 Å². The molecule has 1 amide bonds. The van der Waals surface area contributed by atoms with Gasteiger partial charge < -0.3 is 15.5 Å². The first kappa shape index (κ1) is 12.8. The van der Waals surface area contributed by atoms with Gasteiger partial charge in [0.25, 0.3) is 0 Å². The summed E-state index contributed by atoms with van der Waals surface area (Å²) in [5.74, 6) is 0.966. The molecule has 0 radical (unpaired) electrons. The number of oxazole rings is 1. The van der Waals surface area contributed by atoms with Crippen LogP contribution in [0.3, 0.4) is 0 Å². The number of aromatic nitrogens is 1. The van der Waals surface area contributed by atoms with E-state index in [1.807, 2.05) is 31.4 Å². The van der Waals surface area contributed by atoms with Crippen molar-refractivity contribution < 1.29 is 9.21 Å². The second-order valence-corrected chi connectivity index (χ2v) is 5.01. The number of carbonyl (C=O) groups is 1. The van der Waals surface area contributed by atoms with Gasteiger partial charge in [-0.3, -0.25) is 4.79 Å². The molecule has 0 aliphatic heterocycles. The number of aryl methyl sites for hydroxylation is 1. The molecule has 0 aliphatic carbocycles. The maximum absolute atomic E-state index is 11.9. The van der Waals surface area contributed by atoms with Gasteiger partial charge in [-0.1, -0.05) is 6.07 Å². The molecule has 2 heterocycles. The Balaban J connectivity index is 1.99. The predicted molar refractivity (Wildman–Crippen MR) is 69.0 cm³/mol. The van der Waals surface area contributed by atoms with Gasteiger partial charge in [-0.25, -0.2) is 4.98 Å². The molecule has 6 heteroatoms. The molecule has 2 unspecified atom stereocenters. The van der Waals surface area contributed by atoms with Gasteiger partial charge in [0.2, 0.25) is 11.8 Å². The molecule has 3 N–H and O–H groups in total. The van der Waals surface area contributed by atoms with Crippen LogP contribution in [-0.2, 0) is 4.79 Å². The molecule has 18 heavy (non-hydrogen) atoms. The van der Waals surface area contributed by atoms with Crippen LogP contribution in [0.15, 0.2) is 28.1 Å². The molecule has 5 nitrogen and oxygen atoms in total. The van der Waals surface area contributed by atoms with E-state index >= 15 is 0 Å². The largest absolute Gasteiger partial charge is 0.444 e. The first-order valence-corrected chi connectivity index (χ1v) is 6.47. The summed E-state index contributed by atoms with van der Waals surface area (Å²) in [6.07, 6.45) is 1.62. The summed E-state index contributed by atoms with van der Waals surface area (Å²) in [4.78, 5) is 16.8. The van der Waals surface area contributed by atoms with Gasteiger partial charge >= 0.3 is 0 Å². The van der Waals surface area contributed by atoms with E-state index < -0.39 is 6.04 Å². The van der Waals surface area contributed by atoms with Crippen LogP contribution in [0, 0.1) is 6.92 Å². The topological polar surface area (TPSA) is 81.2 Å². The zero-order chi connectivity index (χ0) is 13.1. The molecule has 2 aromatic heterocycles. The first-order valence-electron chi connectivity index (χ1n) is 5.59. The maximum Gasteiger partial charge on any atom is 0.242 e. The number of nitrogens with two attached hydrogens (primary N) is 1. The van der Waals surface area contributed by atoms with E-state index in [-0.39, 0.29) is 11.9 Å². The van der Waals surface area contributed by atoms with E-state index in [0.29, 0.717) is 11.7 Å². The van der Waals surface area contributed by atoms with Crippen LogP contribution in [0.1, 0.15) is 35.5 Å². The van der Waals surface area contributed by atoms with Gasteiger partial charge in [0.05, 0.1) is 6.20 Å². The summed E-state index contributed by atoms with van der Waals surface area (Å²) in [7, 11) is 0. The number of nitrogens with zero attached hydrogens (tertiary/aromatic N) is 1. The van der Waals surface area contributed by atoms with Crippen molar-refractivity contribution in [3.63, 3.8) is 0 Å². The fourth-order valence-corrected chi connectivity index (χ4v) is 2.26. The highest BCUT2D eigenvalue weighted by Gasteiger charge is 2.21. The van der Waals surface area contributed by atoms with Crippen LogP contribution in [0.2, 0.25) is 0 Å². The van der Waals surface area contributed by atoms with E-state index in [1.54, 1.807) is 6.20 Å². The van der Waals surface area contributed by atoms with Gasteiger partial charge in [-0.05, 0) is 25.3 Å². The van der Waals surface area contributed by atoms with Gasteiger partial charge in [-0.15, -0.1) is 11.3 Å². The Morgan fingerprint density at radius 3 is 2.94 bits per heavy atom. The third-order valence-corrected chi connectivity index (χ3v) is 3.46. The van der Waals surface area contributed by atoms with E-state index in [1.165, 1.54) is 11.3 Å². The minimum atomic E-state index is -0.650. The average Bonchev–Trinajstić information content (AvgIpc) is 2.98. The minimum Gasteiger partial charge on any atom is -0.444 e. The maximum atomic E-state index is 11.9. The summed E-state index contributed by atoms with van der Waals surface area (Å²) in [6.45, 7) is 3.62. The number of rotatable bonds is 4. The summed E-state index contributed by atoms with van der Waals surface area (Å²) in [5, 5.41) is 4.68. The fourth-order valence-electron chi connectivity index (χ4n) is 1.53. The van der Waals surface area contributed by atoms with Crippen LogP contribution < -0.4 is 11.1 Å². The Kier molecular flexibility index (Phi) is 3.78. The Labute approximate surface area is 109 Å². The van der Waals surface area contributed by atoms with Crippen LogP contribution >= 0.6 is 11.3 Å². The lowest BCUT2D eigenvalue weighted by atomic mass is 10.2. The molecule has 2 aromatic rings. The SMILES string of the molecule is Cc1cnc(C(C)NC(=O)C(N)c2cccs2)o1. The smallest absolute Gasteiger partial charge is 0.242 e. The molecule has 96 valence electrons. The van der Waals surface area contributed by atoms with Crippen molar-refractivity contribution in [2.75, 3.05) is 0 Å². The fraction of sp³-hybridized carbons (Fsp3) is 0.333. The third-order valence-electron chi connectivity index (χ3n) is 2.50. The minimum absolute atomic E-state index is 0.235. The predicted octanol–water partition coefficient (Wildman–Crippen LogP) is 1.92. The first-order chi connectivity index (χ1) is 8.58. The molecule has 0 aromatic carbocycles. The summed E-state index contributed by atoms with van der Waals surface area (Å²) < 4.78 is 5.35. The Morgan fingerprint density at radius 2 is 2.39 bits per heavy atom. The third kappa shape index (κ3) is 2.77. The second-order valence-electron chi connectivity index (χ2n) is 4.03. The van der Waals surface area contributed by atoms with Gasteiger partial charge in [0.1, 0.15) is 17.8 Å². The van der Waals surface area contributed by atoms with Gasteiger partial charge in [0.15, 0.2) is 0 Å². The van der Waals surface area contributed by atoms with E-state index in [4.69, 9.17) is 10.2 Å². The standard InChI is InChI=1S/C12H15N3O2S/c1-7-6-14-12(17-7)8(2)15-11(16)10(13)9-4-3-5-18-9/h3-6,8,10H,13H2,1-2H3,(H,15,16). The van der Waals surface area contributed by atoms with Crippen LogP contribution in [0.4, 0.5) is 0 Å². The van der Waals surface area contributed by atoms with Crippen molar-refractivity contribution >= 4 is 17.2 Å². The normalized spacial score (nSPS) is 14.2. The van der Waals surface area contributed by atoms with Crippen LogP contribution in [0.25, 0.3) is 0 Å². The number of hydrogen-bond acceptors (Lipinski definition) is 5. The summed E-state index contributed by atoms with van der Waals surface area (Å²) in [6, 6.07) is 2.77. The van der Waals surface area contributed by atoms with Crippen LogP contribution in [0.5, 0.6) is 0 Å². The monoisotopic (exact) mass is 265 g/mol. The molecule has 0 aliphatic rings. The lowest BCUT2D eigenvalue weighted by Crippen LogP contribution is -2.35. The van der Waals surface area contributed by atoms with Crippen molar-refractivity contribution in [1.82, 2.24) is 10.3 Å². The Hall–Kier alpha value is -1.66. The van der Waals surface area contributed by atoms with Crippen molar-refractivity contribution in [3.8, 4) is 0 Å². The average molecular weight is 265 g/mol. The molecule has 2 atom stereocenters. The van der Waals surface area contributed by atoms with Crippen molar-refractivity contribution in [2.24, 2.45) is 5.73 Å². The molecule has 0 spiro atoms. The Morgan fingerprint density at radius 1 is 1.61 bits per heavy atom. The number of hydrogen-bond donors (Lipinski definition) is 2. The Bertz CT molecular complexity index is 521. The quantitative estimate of drug-likeness (QED) is 0.885. The van der Waals surface area contributed by atoms with Crippen molar-refractivity contribution in [3.05, 3.63) is 40.2 Å². The highest BCUT2D eigenvalue weighted by molar-refractivity contribution is 7.10. The van der Waals surface area contributed by atoms with Crippen molar-refractivity contribution in [2.45, 2.75) is 25.9 Å². The van der Waals surface area contributed by atoms with Crippen molar-refractivity contribution in [1.29, 1.82) is 0 Å². The highest BCUT2D eigenvalue weighted by Crippen LogP contribution is 2.18. The lowest BCUT2D eigenvalue weighted by Gasteiger charge is -2.14. The molecule has 0 saturated carbocycles. The molecule has 0 fully saturated rings. The van der Waals surface area contributed by atoms with E-state index in [9.17, 15) is 4.79 Å². The lowest BCUT2D eigenvalue weighted by molar-refractivity contribution is -0.123. The van der Waals surface area contributed by atoms with Gasteiger partial charge in [0, 0.05) is 4.88 Å². The zero-order valence-electron chi connectivity index (χ0n) is 10.2. The second kappa shape index (κ2) is 5.32. The van der Waals surface area contributed by atoms with E-state index in [2.05, 4.69) is 10.3 Å². The molecular weight excluding hydrogens is 250 g/mol. The molecule has 0 saturated heterocycles. The van der Waals surface area contributed by atoms with Gasteiger partial charge in [-0.2, -0.15) is 0 Å². The number of carbonyl (C=O) groups excluding carboxylic acids is 1. The number of amides is 1. The highest BCUT2D eigenvalue weighted by atomic mass is 32.1. The zero-order valence-corrected chi connectivity index (χ0v) is 11.0. The number of nitrogens with one attached hydrogen (secondary N) is 1. The molecule has 0 bridgehead atoms. The summed E-state index contributed by atoms with van der Waals surface area (Å²) in [5.41, 5.74) is 5.86. The molecular formula is C12H15N3O2S.